The van der Waals surface area contributed by atoms with Gasteiger partial charge in [0.25, 0.3) is 5.56 Å². The van der Waals surface area contributed by atoms with Crippen LogP contribution >= 0.6 is 0 Å². The van der Waals surface area contributed by atoms with Gasteiger partial charge in [-0.3, -0.25) is 9.36 Å². The molecule has 0 saturated carbocycles. The maximum Gasteiger partial charge on any atom is 0.408 e. The second-order valence-electron chi connectivity index (χ2n) is 8.91. The van der Waals surface area contributed by atoms with Gasteiger partial charge in [-0.05, 0) is 38.2 Å². The Kier molecular flexibility index (Phi) is 6.97. The lowest BCUT2D eigenvalue weighted by atomic mass is 10.1. The van der Waals surface area contributed by atoms with E-state index < -0.39 is 12.2 Å². The molecule has 3 heterocycles. The average molecular weight is 465 g/mol. The van der Waals surface area contributed by atoms with Gasteiger partial charge in [-0.1, -0.05) is 37.3 Å². The van der Waals surface area contributed by atoms with Gasteiger partial charge in [-0.25, -0.2) is 0 Å². The highest BCUT2D eigenvalue weighted by atomic mass is 19.4. The third-order valence-corrected chi connectivity index (χ3v) is 6.42. The van der Waals surface area contributed by atoms with Gasteiger partial charge in [0.2, 0.25) is 5.95 Å². The predicted octanol–water partition coefficient (Wildman–Crippen LogP) is 4.02. The van der Waals surface area contributed by atoms with Crippen molar-refractivity contribution in [3.05, 3.63) is 52.3 Å². The van der Waals surface area contributed by atoms with Gasteiger partial charge in [0, 0.05) is 32.2 Å². The SMILES string of the molecule is CCC1CN(c2cc(=O)n3c(n2)N(CCCc2ccccc2)[C@H](C(F)(F)F)CC3)CC(C)O1. The van der Waals surface area contributed by atoms with Crippen LogP contribution in [0, 0.1) is 0 Å². The maximum absolute atomic E-state index is 14.0. The molecule has 1 aromatic heterocycles. The average Bonchev–Trinajstić information content (AvgIpc) is 2.78. The molecule has 33 heavy (non-hydrogen) atoms. The van der Waals surface area contributed by atoms with Crippen LogP contribution in [-0.4, -0.2) is 53.6 Å². The van der Waals surface area contributed by atoms with Crippen molar-refractivity contribution >= 4 is 11.8 Å². The lowest BCUT2D eigenvalue weighted by Crippen LogP contribution is -2.53. The summed E-state index contributed by atoms with van der Waals surface area (Å²) in [5, 5.41) is 0. The summed E-state index contributed by atoms with van der Waals surface area (Å²) in [5.41, 5.74) is 0.765. The molecule has 2 aromatic rings. The van der Waals surface area contributed by atoms with Crippen molar-refractivity contribution in [3.8, 4) is 0 Å². The van der Waals surface area contributed by atoms with E-state index in [-0.39, 0.29) is 43.2 Å². The molecule has 2 aliphatic rings. The Morgan fingerprint density at radius 3 is 2.64 bits per heavy atom. The second kappa shape index (κ2) is 9.75. The van der Waals surface area contributed by atoms with Crippen molar-refractivity contribution in [3.63, 3.8) is 0 Å². The number of alkyl halides is 3. The summed E-state index contributed by atoms with van der Waals surface area (Å²) < 4.78 is 49.1. The number of morpholine rings is 1. The van der Waals surface area contributed by atoms with Crippen LogP contribution in [0.4, 0.5) is 24.9 Å². The summed E-state index contributed by atoms with van der Waals surface area (Å²) >= 11 is 0. The molecular weight excluding hydrogens is 433 g/mol. The molecular formula is C24H31F3N4O2. The number of aromatic nitrogens is 2. The number of benzene rings is 1. The largest absolute Gasteiger partial charge is 0.408 e. The summed E-state index contributed by atoms with van der Waals surface area (Å²) in [5.74, 6) is 0.544. The molecule has 9 heteroatoms. The maximum atomic E-state index is 14.0. The lowest BCUT2D eigenvalue weighted by molar-refractivity contribution is -0.152. The van der Waals surface area contributed by atoms with Crippen molar-refractivity contribution in [2.24, 2.45) is 0 Å². The molecule has 0 radical (unpaired) electrons. The first-order chi connectivity index (χ1) is 15.8. The Morgan fingerprint density at radius 1 is 1.18 bits per heavy atom. The minimum absolute atomic E-state index is 0.000707. The van der Waals surface area contributed by atoms with Crippen LogP contribution in [0.15, 0.2) is 41.2 Å². The minimum Gasteiger partial charge on any atom is -0.372 e. The van der Waals surface area contributed by atoms with E-state index >= 15 is 0 Å². The predicted molar refractivity (Wildman–Crippen MR) is 122 cm³/mol. The first-order valence-electron chi connectivity index (χ1n) is 11.7. The first-order valence-corrected chi connectivity index (χ1v) is 11.7. The van der Waals surface area contributed by atoms with Crippen LogP contribution in [0.25, 0.3) is 0 Å². The molecule has 2 unspecified atom stereocenters. The van der Waals surface area contributed by atoms with Gasteiger partial charge in [-0.15, -0.1) is 0 Å². The Bertz CT molecular complexity index is 995. The molecule has 0 amide bonds. The van der Waals surface area contributed by atoms with E-state index in [0.29, 0.717) is 31.7 Å². The van der Waals surface area contributed by atoms with E-state index in [9.17, 15) is 18.0 Å². The third-order valence-electron chi connectivity index (χ3n) is 6.42. The van der Waals surface area contributed by atoms with Crippen LogP contribution in [-0.2, 0) is 17.7 Å². The Hall–Kier alpha value is -2.55. The number of hydrogen-bond donors (Lipinski definition) is 0. The summed E-state index contributed by atoms with van der Waals surface area (Å²) in [7, 11) is 0. The minimum atomic E-state index is -4.40. The van der Waals surface area contributed by atoms with E-state index in [1.807, 2.05) is 49.1 Å². The van der Waals surface area contributed by atoms with Gasteiger partial charge < -0.3 is 14.5 Å². The van der Waals surface area contributed by atoms with E-state index in [1.165, 1.54) is 15.5 Å². The highest BCUT2D eigenvalue weighted by molar-refractivity contribution is 5.47. The van der Waals surface area contributed by atoms with Gasteiger partial charge in [-0.2, -0.15) is 18.2 Å². The molecule has 1 aromatic carbocycles. The zero-order valence-corrected chi connectivity index (χ0v) is 19.1. The highest BCUT2D eigenvalue weighted by Gasteiger charge is 2.46. The van der Waals surface area contributed by atoms with Crippen LogP contribution in [0.5, 0.6) is 0 Å². The Balaban J connectivity index is 1.64. The normalized spacial score (nSPS) is 23.5. The number of ether oxygens (including phenoxy) is 1. The number of nitrogens with zero attached hydrogens (tertiary/aromatic N) is 4. The third kappa shape index (κ3) is 5.34. The summed E-state index contributed by atoms with van der Waals surface area (Å²) in [6.07, 6.45) is -2.60. The highest BCUT2D eigenvalue weighted by Crippen LogP contribution is 2.34. The van der Waals surface area contributed by atoms with Crippen molar-refractivity contribution in [2.75, 3.05) is 29.4 Å². The van der Waals surface area contributed by atoms with E-state index in [1.54, 1.807) is 0 Å². The number of aryl methyl sites for hydroxylation is 1. The lowest BCUT2D eigenvalue weighted by Gasteiger charge is -2.41. The molecule has 4 rings (SSSR count). The summed E-state index contributed by atoms with van der Waals surface area (Å²) in [6, 6.07) is 9.49. The molecule has 6 nitrogen and oxygen atoms in total. The molecule has 0 aliphatic carbocycles. The van der Waals surface area contributed by atoms with Crippen molar-refractivity contribution in [1.29, 1.82) is 0 Å². The molecule has 3 atom stereocenters. The molecule has 2 aliphatic heterocycles. The standard InChI is InChI=1S/C24H31F3N4O2/c1-3-19-16-29(15-17(2)33-19)21-14-22(32)31-13-11-20(24(25,26)27)30(23(31)28-21)12-7-10-18-8-5-4-6-9-18/h4-6,8-9,14,17,19-20H,3,7,10-13,15-16H2,1-2H3/t17?,19?,20-/m0/s1. The van der Waals surface area contributed by atoms with Gasteiger partial charge >= 0.3 is 6.18 Å². The van der Waals surface area contributed by atoms with E-state index in [0.717, 1.165) is 12.0 Å². The van der Waals surface area contributed by atoms with Crippen molar-refractivity contribution in [1.82, 2.24) is 9.55 Å². The van der Waals surface area contributed by atoms with E-state index in [4.69, 9.17) is 4.74 Å². The summed E-state index contributed by atoms with van der Waals surface area (Å²) in [4.78, 5) is 20.8. The molecule has 1 saturated heterocycles. The fourth-order valence-electron chi connectivity index (χ4n) is 4.77. The molecule has 0 bridgehead atoms. The Labute approximate surface area is 192 Å². The zero-order chi connectivity index (χ0) is 23.6. The zero-order valence-electron chi connectivity index (χ0n) is 19.1. The molecule has 0 spiro atoms. The number of hydrogen-bond acceptors (Lipinski definition) is 5. The summed E-state index contributed by atoms with van der Waals surface area (Å²) in [6.45, 7) is 5.27. The van der Waals surface area contributed by atoms with Crippen molar-refractivity contribution in [2.45, 2.75) is 70.5 Å². The van der Waals surface area contributed by atoms with Crippen LogP contribution in [0.3, 0.4) is 0 Å². The van der Waals surface area contributed by atoms with Gasteiger partial charge in [0.05, 0.1) is 12.2 Å². The number of anilines is 2. The number of halogens is 3. The second-order valence-corrected chi connectivity index (χ2v) is 8.91. The monoisotopic (exact) mass is 464 g/mol. The van der Waals surface area contributed by atoms with Crippen LogP contribution in [0.2, 0.25) is 0 Å². The Morgan fingerprint density at radius 2 is 1.94 bits per heavy atom. The smallest absolute Gasteiger partial charge is 0.372 e. The topological polar surface area (TPSA) is 50.6 Å². The fraction of sp³-hybridized carbons (Fsp3) is 0.583. The molecule has 1 fully saturated rings. The molecule has 180 valence electrons. The molecule has 0 N–H and O–H groups in total. The first kappa shape index (κ1) is 23.6. The van der Waals surface area contributed by atoms with Gasteiger partial charge in [0.1, 0.15) is 11.9 Å². The fourth-order valence-corrected chi connectivity index (χ4v) is 4.77. The van der Waals surface area contributed by atoms with Crippen molar-refractivity contribution < 1.29 is 17.9 Å². The van der Waals surface area contributed by atoms with E-state index in [2.05, 4.69) is 4.98 Å². The quantitative estimate of drug-likeness (QED) is 0.647. The number of fused-ring (bicyclic) bond motifs is 1. The number of rotatable bonds is 6. The van der Waals surface area contributed by atoms with Crippen LogP contribution < -0.4 is 15.4 Å². The van der Waals surface area contributed by atoms with Gasteiger partial charge in [0.15, 0.2) is 0 Å². The van der Waals surface area contributed by atoms with Crippen LogP contribution in [0.1, 0.15) is 38.7 Å².